The maximum absolute atomic E-state index is 12.6. The van der Waals surface area contributed by atoms with E-state index in [1.54, 1.807) is 6.92 Å². The number of carbonyl (C=O) groups is 2. The number of rotatable bonds is 6. The van der Waals surface area contributed by atoms with Crippen LogP contribution < -0.4 is 10.6 Å². The molecule has 1 aliphatic rings. The number of halogens is 3. The van der Waals surface area contributed by atoms with E-state index in [2.05, 4.69) is 10.6 Å². The quantitative estimate of drug-likeness (QED) is 0.716. The van der Waals surface area contributed by atoms with Crippen LogP contribution in [-0.4, -0.2) is 29.3 Å². The van der Waals surface area contributed by atoms with Crippen LogP contribution >= 0.6 is 0 Å². The fourth-order valence-corrected chi connectivity index (χ4v) is 3.32. The van der Waals surface area contributed by atoms with Crippen LogP contribution in [0.3, 0.4) is 0 Å². The Morgan fingerprint density at radius 2 is 1.83 bits per heavy atom. The Hall–Kier alpha value is -3.03. The Morgan fingerprint density at radius 3 is 2.50 bits per heavy atom. The van der Waals surface area contributed by atoms with E-state index in [0.717, 1.165) is 42.8 Å². The molecule has 1 saturated heterocycles. The van der Waals surface area contributed by atoms with Crippen molar-refractivity contribution in [3.63, 3.8) is 0 Å². The molecule has 0 spiro atoms. The molecule has 2 aromatic carbocycles. The molecule has 0 bridgehead atoms. The second-order valence-electron chi connectivity index (χ2n) is 7.40. The smallest absolute Gasteiger partial charge is 0.374 e. The topological polar surface area (TPSA) is 61.4 Å². The molecule has 1 unspecified atom stereocenters. The van der Waals surface area contributed by atoms with E-state index >= 15 is 0 Å². The van der Waals surface area contributed by atoms with Gasteiger partial charge in [-0.05, 0) is 61.7 Å². The highest BCUT2D eigenvalue weighted by Crippen LogP contribution is 2.29. The molecule has 1 aliphatic heterocycles. The van der Waals surface area contributed by atoms with E-state index in [4.69, 9.17) is 0 Å². The number of alkyl halides is 3. The molecule has 3 rings (SSSR count). The summed E-state index contributed by atoms with van der Waals surface area (Å²) >= 11 is 0. The zero-order valence-electron chi connectivity index (χ0n) is 16.6. The van der Waals surface area contributed by atoms with Crippen molar-refractivity contribution in [3.8, 4) is 0 Å². The fourth-order valence-electron chi connectivity index (χ4n) is 3.32. The first-order chi connectivity index (χ1) is 14.2. The second-order valence-corrected chi connectivity index (χ2v) is 7.40. The van der Waals surface area contributed by atoms with Crippen molar-refractivity contribution in [1.29, 1.82) is 0 Å². The van der Waals surface area contributed by atoms with Gasteiger partial charge in [-0.1, -0.05) is 12.1 Å². The Morgan fingerprint density at radius 1 is 1.10 bits per heavy atom. The summed E-state index contributed by atoms with van der Waals surface area (Å²) < 4.78 is 37.9. The van der Waals surface area contributed by atoms with Gasteiger partial charge >= 0.3 is 6.18 Å². The van der Waals surface area contributed by atoms with Crippen LogP contribution in [-0.2, 0) is 22.3 Å². The summed E-state index contributed by atoms with van der Waals surface area (Å²) in [5.74, 6) is -0.213. The second kappa shape index (κ2) is 9.19. The summed E-state index contributed by atoms with van der Waals surface area (Å²) in [5, 5.41) is 5.70. The minimum Gasteiger partial charge on any atom is -0.374 e. The minimum absolute atomic E-state index is 0.156. The molecule has 1 atom stereocenters. The average Bonchev–Trinajstić information content (AvgIpc) is 2.70. The number of nitrogens with one attached hydrogen (secondary N) is 2. The zero-order chi connectivity index (χ0) is 21.7. The Bertz CT molecular complexity index is 897. The van der Waals surface area contributed by atoms with Crippen LogP contribution in [0.25, 0.3) is 0 Å². The van der Waals surface area contributed by atoms with Gasteiger partial charge in [0.1, 0.15) is 6.04 Å². The summed E-state index contributed by atoms with van der Waals surface area (Å²) in [4.78, 5) is 26.2. The van der Waals surface area contributed by atoms with Gasteiger partial charge in [-0.3, -0.25) is 9.59 Å². The SMILES string of the molecule is CC(Nc1cccc(CN2CCCCC2=O)c1)C(=O)Nc1ccc(C(F)(F)F)cc1. The summed E-state index contributed by atoms with van der Waals surface area (Å²) in [6.07, 6.45) is -1.90. The third kappa shape index (κ3) is 5.75. The third-order valence-corrected chi connectivity index (χ3v) is 4.98. The van der Waals surface area contributed by atoms with Crippen LogP contribution in [0.5, 0.6) is 0 Å². The molecule has 8 heteroatoms. The van der Waals surface area contributed by atoms with Crippen LogP contribution in [0.4, 0.5) is 24.5 Å². The summed E-state index contributed by atoms with van der Waals surface area (Å²) in [6.45, 7) is 2.95. The predicted octanol–water partition coefficient (Wildman–Crippen LogP) is 4.66. The zero-order valence-corrected chi connectivity index (χ0v) is 16.6. The van der Waals surface area contributed by atoms with Crippen LogP contribution in [0.15, 0.2) is 48.5 Å². The van der Waals surface area contributed by atoms with Crippen molar-refractivity contribution in [2.75, 3.05) is 17.2 Å². The number of hydrogen-bond acceptors (Lipinski definition) is 3. The van der Waals surface area contributed by atoms with Gasteiger partial charge in [0.2, 0.25) is 11.8 Å². The normalized spacial score (nSPS) is 15.6. The number of hydrogen-bond donors (Lipinski definition) is 2. The van der Waals surface area contributed by atoms with E-state index in [9.17, 15) is 22.8 Å². The Labute approximate surface area is 173 Å². The van der Waals surface area contributed by atoms with Gasteiger partial charge in [-0.15, -0.1) is 0 Å². The molecule has 2 amide bonds. The van der Waals surface area contributed by atoms with Gasteiger partial charge in [0.25, 0.3) is 0 Å². The maximum atomic E-state index is 12.6. The summed E-state index contributed by atoms with van der Waals surface area (Å²) in [6, 6.07) is 11.2. The minimum atomic E-state index is -4.42. The number of amides is 2. The van der Waals surface area contributed by atoms with Crippen LogP contribution in [0.1, 0.15) is 37.3 Å². The highest BCUT2D eigenvalue weighted by Gasteiger charge is 2.30. The van der Waals surface area contributed by atoms with E-state index in [1.807, 2.05) is 29.2 Å². The average molecular weight is 419 g/mol. The first-order valence-electron chi connectivity index (χ1n) is 9.84. The van der Waals surface area contributed by atoms with Crippen molar-refractivity contribution in [3.05, 3.63) is 59.7 Å². The molecule has 2 aromatic rings. The van der Waals surface area contributed by atoms with Gasteiger partial charge in [-0.2, -0.15) is 13.2 Å². The number of likely N-dealkylation sites (tertiary alicyclic amines) is 1. The lowest BCUT2D eigenvalue weighted by atomic mass is 10.1. The molecular weight excluding hydrogens is 395 g/mol. The number of carbonyl (C=O) groups excluding carboxylic acids is 2. The van der Waals surface area contributed by atoms with Gasteiger partial charge in [0.15, 0.2) is 0 Å². The first-order valence-corrected chi connectivity index (χ1v) is 9.84. The largest absolute Gasteiger partial charge is 0.416 e. The highest BCUT2D eigenvalue weighted by molar-refractivity contribution is 5.96. The number of anilines is 2. The Kier molecular flexibility index (Phi) is 6.64. The monoisotopic (exact) mass is 419 g/mol. The van der Waals surface area contributed by atoms with Crippen molar-refractivity contribution in [2.24, 2.45) is 0 Å². The lowest BCUT2D eigenvalue weighted by Crippen LogP contribution is -2.34. The molecule has 1 fully saturated rings. The van der Waals surface area contributed by atoms with Gasteiger partial charge in [0, 0.05) is 30.9 Å². The highest BCUT2D eigenvalue weighted by atomic mass is 19.4. The molecule has 5 nitrogen and oxygen atoms in total. The molecule has 0 aromatic heterocycles. The van der Waals surface area contributed by atoms with Crippen LogP contribution in [0, 0.1) is 0 Å². The van der Waals surface area contributed by atoms with Crippen molar-refractivity contribution >= 4 is 23.2 Å². The number of nitrogens with zero attached hydrogens (tertiary/aromatic N) is 1. The van der Waals surface area contributed by atoms with E-state index < -0.39 is 17.8 Å². The fraction of sp³-hybridized carbons (Fsp3) is 0.364. The lowest BCUT2D eigenvalue weighted by molar-refractivity contribution is -0.137. The van der Waals surface area contributed by atoms with Crippen molar-refractivity contribution < 1.29 is 22.8 Å². The molecule has 0 saturated carbocycles. The number of benzene rings is 2. The van der Waals surface area contributed by atoms with Gasteiger partial charge in [0.05, 0.1) is 5.56 Å². The molecule has 0 radical (unpaired) electrons. The van der Waals surface area contributed by atoms with Crippen LogP contribution in [0.2, 0.25) is 0 Å². The van der Waals surface area contributed by atoms with E-state index in [0.29, 0.717) is 18.7 Å². The molecule has 30 heavy (non-hydrogen) atoms. The van der Waals surface area contributed by atoms with Crippen molar-refractivity contribution in [2.45, 2.75) is 44.9 Å². The first kappa shape index (κ1) is 21.7. The van der Waals surface area contributed by atoms with E-state index in [-0.39, 0.29) is 11.8 Å². The van der Waals surface area contributed by atoms with Crippen molar-refractivity contribution in [1.82, 2.24) is 4.90 Å². The van der Waals surface area contributed by atoms with E-state index in [1.165, 1.54) is 12.1 Å². The Balaban J connectivity index is 1.58. The molecule has 2 N–H and O–H groups in total. The molecule has 1 heterocycles. The van der Waals surface area contributed by atoms with Gasteiger partial charge < -0.3 is 15.5 Å². The lowest BCUT2D eigenvalue weighted by Gasteiger charge is -2.27. The maximum Gasteiger partial charge on any atom is 0.416 e. The summed E-state index contributed by atoms with van der Waals surface area (Å²) in [5.41, 5.74) is 1.22. The predicted molar refractivity (Wildman–Crippen MR) is 109 cm³/mol. The van der Waals surface area contributed by atoms with Gasteiger partial charge in [-0.25, -0.2) is 0 Å². The summed E-state index contributed by atoms with van der Waals surface area (Å²) in [7, 11) is 0. The molecule has 160 valence electrons. The molecule has 0 aliphatic carbocycles. The molecular formula is C22H24F3N3O2. The third-order valence-electron chi connectivity index (χ3n) is 4.98. The standard InChI is InChI=1S/C22H24F3N3O2/c1-15(21(30)27-18-10-8-17(9-11-18)22(23,24)25)26-19-6-4-5-16(13-19)14-28-12-3-2-7-20(28)29/h4-6,8-11,13,15,26H,2-3,7,12,14H2,1H3,(H,27,30). The number of piperidine rings is 1.